The van der Waals surface area contributed by atoms with Gasteiger partial charge in [0.2, 0.25) is 0 Å². The van der Waals surface area contributed by atoms with Gasteiger partial charge in [0.05, 0.1) is 35.0 Å². The second-order valence-electron chi connectivity index (χ2n) is 9.83. The number of likely N-dealkylation sites (tertiary alicyclic amines) is 1. The van der Waals surface area contributed by atoms with Gasteiger partial charge in [0.1, 0.15) is 0 Å². The fraction of sp³-hybridized carbons (Fsp3) is 0.519. The minimum Gasteiger partial charge on any atom is -0.373 e. The zero-order chi connectivity index (χ0) is 23.7. The van der Waals surface area contributed by atoms with Gasteiger partial charge < -0.3 is 9.64 Å². The summed E-state index contributed by atoms with van der Waals surface area (Å²) in [5.41, 5.74) is 3.31. The molecule has 0 bridgehead atoms. The summed E-state index contributed by atoms with van der Waals surface area (Å²) in [4.78, 5) is 23.1. The quantitative estimate of drug-likeness (QED) is 0.573. The fourth-order valence-electron chi connectivity index (χ4n) is 5.50. The zero-order valence-electron chi connectivity index (χ0n) is 20.5. The highest BCUT2D eigenvalue weighted by molar-refractivity contribution is 6.06. The minimum atomic E-state index is 0.0901. The van der Waals surface area contributed by atoms with E-state index in [2.05, 4.69) is 23.8 Å². The first-order valence-corrected chi connectivity index (χ1v) is 12.6. The Morgan fingerprint density at radius 2 is 1.79 bits per heavy atom. The summed E-state index contributed by atoms with van der Waals surface area (Å²) in [6.07, 6.45) is 4.46. The van der Waals surface area contributed by atoms with Crippen LogP contribution in [0.1, 0.15) is 44.0 Å². The Morgan fingerprint density at radius 1 is 1.09 bits per heavy atom. The number of benzene rings is 1. The summed E-state index contributed by atoms with van der Waals surface area (Å²) in [6, 6.07) is 12.0. The molecule has 2 aliphatic rings. The molecule has 7 nitrogen and oxygen atoms in total. The Bertz CT molecular complexity index is 1130. The van der Waals surface area contributed by atoms with Crippen molar-refractivity contribution in [3.8, 4) is 11.3 Å². The number of morpholine rings is 1. The van der Waals surface area contributed by atoms with Gasteiger partial charge in [-0.25, -0.2) is 9.67 Å². The highest BCUT2D eigenvalue weighted by atomic mass is 16.5. The van der Waals surface area contributed by atoms with Crippen molar-refractivity contribution in [2.24, 2.45) is 5.92 Å². The monoisotopic (exact) mass is 461 g/mol. The van der Waals surface area contributed by atoms with Crippen LogP contribution in [0.4, 0.5) is 0 Å². The van der Waals surface area contributed by atoms with Gasteiger partial charge in [-0.05, 0) is 45.6 Å². The maximum atomic E-state index is 13.7. The van der Waals surface area contributed by atoms with Crippen molar-refractivity contribution in [3.63, 3.8) is 0 Å². The third kappa shape index (κ3) is 4.72. The van der Waals surface area contributed by atoms with Gasteiger partial charge in [-0.1, -0.05) is 30.3 Å². The molecule has 7 heteroatoms. The molecule has 180 valence electrons. The summed E-state index contributed by atoms with van der Waals surface area (Å²) in [5.74, 6) is 0.717. The number of amides is 1. The lowest BCUT2D eigenvalue weighted by molar-refractivity contribution is -0.0728. The van der Waals surface area contributed by atoms with Crippen LogP contribution < -0.4 is 0 Å². The van der Waals surface area contributed by atoms with Crippen LogP contribution in [0.15, 0.2) is 42.6 Å². The van der Waals surface area contributed by atoms with Crippen molar-refractivity contribution in [3.05, 3.63) is 48.2 Å². The summed E-state index contributed by atoms with van der Waals surface area (Å²) >= 11 is 0. The smallest absolute Gasteiger partial charge is 0.254 e. The molecule has 2 atom stereocenters. The Labute approximate surface area is 201 Å². The van der Waals surface area contributed by atoms with E-state index in [0.717, 1.165) is 67.9 Å². The number of piperidine rings is 1. The second-order valence-corrected chi connectivity index (χ2v) is 9.83. The molecule has 0 N–H and O–H groups in total. The molecule has 34 heavy (non-hydrogen) atoms. The molecule has 2 aliphatic heterocycles. The molecular weight excluding hydrogens is 426 g/mol. The maximum absolute atomic E-state index is 13.7. The zero-order valence-corrected chi connectivity index (χ0v) is 20.5. The highest BCUT2D eigenvalue weighted by Crippen LogP contribution is 2.28. The van der Waals surface area contributed by atoms with E-state index in [9.17, 15) is 4.79 Å². The standard InChI is InChI=1S/C27H35N5O2/c1-4-32-26-24(15-28-32)23(14-25(29-26)22-8-6-5-7-9-22)27(33)31-12-10-21(11-13-31)18-30-16-19(2)34-20(3)17-30/h5-9,14-15,19-21H,4,10-13,16-18H2,1-3H3. The van der Waals surface area contributed by atoms with Crippen molar-refractivity contribution in [1.82, 2.24) is 24.6 Å². The second kappa shape index (κ2) is 9.84. The molecule has 1 amide bonds. The Hall–Kier alpha value is -2.77. The number of fused-ring (bicyclic) bond motifs is 1. The summed E-state index contributed by atoms with van der Waals surface area (Å²) in [5, 5.41) is 5.33. The van der Waals surface area contributed by atoms with Crippen LogP contribution in [0.5, 0.6) is 0 Å². The van der Waals surface area contributed by atoms with E-state index in [1.165, 1.54) is 0 Å². The molecule has 5 rings (SSSR count). The molecule has 3 aromatic rings. The first-order chi connectivity index (χ1) is 16.5. The maximum Gasteiger partial charge on any atom is 0.254 e. The van der Waals surface area contributed by atoms with Gasteiger partial charge in [-0.3, -0.25) is 9.69 Å². The Morgan fingerprint density at radius 3 is 2.47 bits per heavy atom. The van der Waals surface area contributed by atoms with Crippen molar-refractivity contribution in [2.75, 3.05) is 32.7 Å². The molecule has 1 aromatic carbocycles. The number of pyridine rings is 1. The lowest BCUT2D eigenvalue weighted by atomic mass is 9.95. The average Bonchev–Trinajstić information content (AvgIpc) is 3.26. The summed E-state index contributed by atoms with van der Waals surface area (Å²) in [7, 11) is 0. The molecular formula is C27H35N5O2. The van der Waals surface area contributed by atoms with Crippen LogP contribution >= 0.6 is 0 Å². The number of hydrogen-bond acceptors (Lipinski definition) is 5. The number of aromatic nitrogens is 3. The third-order valence-electron chi connectivity index (χ3n) is 7.12. The molecule has 0 spiro atoms. The van der Waals surface area contributed by atoms with Crippen molar-refractivity contribution >= 4 is 16.9 Å². The first kappa shape index (κ1) is 23.0. The number of nitrogens with zero attached hydrogens (tertiary/aromatic N) is 5. The number of rotatable bonds is 5. The molecule has 2 aromatic heterocycles. The Balaban J connectivity index is 1.33. The van der Waals surface area contributed by atoms with Crippen LogP contribution in [0.25, 0.3) is 22.3 Å². The summed E-state index contributed by atoms with van der Waals surface area (Å²) in [6.45, 7) is 11.8. The van der Waals surface area contributed by atoms with Crippen molar-refractivity contribution in [2.45, 2.75) is 52.4 Å². The first-order valence-electron chi connectivity index (χ1n) is 12.6. The normalized spacial score (nSPS) is 22.4. The highest BCUT2D eigenvalue weighted by Gasteiger charge is 2.29. The minimum absolute atomic E-state index is 0.0901. The molecule has 0 radical (unpaired) electrons. The van der Waals surface area contributed by atoms with Gasteiger partial charge in [0.15, 0.2) is 5.65 Å². The number of carbonyl (C=O) groups excluding carboxylic acids is 1. The number of hydrogen-bond donors (Lipinski definition) is 0. The van der Waals surface area contributed by atoms with Gasteiger partial charge in [0.25, 0.3) is 5.91 Å². The molecule has 4 heterocycles. The number of carbonyl (C=O) groups is 1. The largest absolute Gasteiger partial charge is 0.373 e. The predicted molar refractivity (Wildman–Crippen MR) is 134 cm³/mol. The van der Waals surface area contributed by atoms with E-state index in [1.54, 1.807) is 6.20 Å². The number of aryl methyl sites for hydroxylation is 1. The van der Waals surface area contributed by atoms with Crippen molar-refractivity contribution < 1.29 is 9.53 Å². The van der Waals surface area contributed by atoms with Gasteiger partial charge in [-0.2, -0.15) is 5.10 Å². The van der Waals surface area contributed by atoms with E-state index in [1.807, 2.05) is 52.9 Å². The van der Waals surface area contributed by atoms with Gasteiger partial charge in [-0.15, -0.1) is 0 Å². The van der Waals surface area contributed by atoms with Crippen LogP contribution in [-0.2, 0) is 11.3 Å². The van der Waals surface area contributed by atoms with E-state index < -0.39 is 0 Å². The van der Waals surface area contributed by atoms with Gasteiger partial charge >= 0.3 is 0 Å². The van der Waals surface area contributed by atoms with Crippen LogP contribution in [-0.4, -0.2) is 75.4 Å². The summed E-state index contributed by atoms with van der Waals surface area (Å²) < 4.78 is 7.75. The number of ether oxygens (including phenoxy) is 1. The molecule has 0 saturated carbocycles. The SMILES string of the molecule is CCn1ncc2c(C(=O)N3CCC(CN4CC(C)OC(C)C4)CC3)cc(-c3ccccc3)nc21. The molecule has 2 fully saturated rings. The van der Waals surface area contributed by atoms with E-state index >= 15 is 0 Å². The molecule has 2 unspecified atom stereocenters. The third-order valence-corrected chi connectivity index (χ3v) is 7.12. The Kier molecular flexibility index (Phi) is 6.66. The van der Waals surface area contributed by atoms with Gasteiger partial charge in [0, 0.05) is 44.8 Å². The van der Waals surface area contributed by atoms with Crippen molar-refractivity contribution in [1.29, 1.82) is 0 Å². The van der Waals surface area contributed by atoms with E-state index in [0.29, 0.717) is 30.2 Å². The van der Waals surface area contributed by atoms with Crippen LogP contribution in [0.2, 0.25) is 0 Å². The van der Waals surface area contributed by atoms with E-state index in [4.69, 9.17) is 9.72 Å². The topological polar surface area (TPSA) is 63.5 Å². The average molecular weight is 462 g/mol. The van der Waals surface area contributed by atoms with Crippen LogP contribution in [0.3, 0.4) is 0 Å². The lowest BCUT2D eigenvalue weighted by Gasteiger charge is -2.39. The predicted octanol–water partition coefficient (Wildman–Crippen LogP) is 4.08. The molecule has 2 saturated heterocycles. The fourth-order valence-corrected chi connectivity index (χ4v) is 5.50. The van der Waals surface area contributed by atoms with Crippen LogP contribution in [0, 0.1) is 5.92 Å². The molecule has 0 aliphatic carbocycles. The van der Waals surface area contributed by atoms with E-state index in [-0.39, 0.29) is 5.91 Å². The lowest BCUT2D eigenvalue weighted by Crippen LogP contribution is -2.48.